The van der Waals surface area contributed by atoms with Crippen LogP contribution in [0.4, 0.5) is 34.4 Å². The highest BCUT2D eigenvalue weighted by Crippen LogP contribution is 2.40. The van der Waals surface area contributed by atoms with Crippen LogP contribution in [-0.4, -0.2) is 14.5 Å². The molecular formula is C46H33N5. The molecule has 3 heterocycles. The van der Waals surface area contributed by atoms with Gasteiger partial charge in [-0.15, -0.1) is 0 Å². The van der Waals surface area contributed by atoms with E-state index in [1.165, 1.54) is 16.3 Å². The molecule has 5 nitrogen and oxygen atoms in total. The summed E-state index contributed by atoms with van der Waals surface area (Å²) in [7, 11) is 0. The maximum Gasteiger partial charge on any atom is 0.138 e. The molecule has 51 heavy (non-hydrogen) atoms. The Morgan fingerprint density at radius 2 is 0.784 bits per heavy atom. The minimum atomic E-state index is 0.790. The minimum Gasteiger partial charge on any atom is -0.309 e. The van der Waals surface area contributed by atoms with Crippen molar-refractivity contribution in [3.8, 4) is 17.1 Å². The molecule has 0 amide bonds. The molecule has 3 aromatic heterocycles. The van der Waals surface area contributed by atoms with Gasteiger partial charge in [-0.05, 0) is 97.1 Å². The number of hydrogen-bond acceptors (Lipinski definition) is 4. The van der Waals surface area contributed by atoms with Gasteiger partial charge in [-0.1, -0.05) is 103 Å². The van der Waals surface area contributed by atoms with Gasteiger partial charge >= 0.3 is 0 Å². The smallest absolute Gasteiger partial charge is 0.138 e. The van der Waals surface area contributed by atoms with Gasteiger partial charge in [0.1, 0.15) is 11.6 Å². The van der Waals surface area contributed by atoms with Crippen LogP contribution in [0.3, 0.4) is 0 Å². The van der Waals surface area contributed by atoms with E-state index in [0.29, 0.717) is 0 Å². The lowest BCUT2D eigenvalue weighted by molar-refractivity contribution is 1.14. The molecule has 0 unspecified atom stereocenters. The van der Waals surface area contributed by atoms with Gasteiger partial charge in [0.15, 0.2) is 0 Å². The summed E-state index contributed by atoms with van der Waals surface area (Å²) in [5, 5.41) is 2.38. The summed E-state index contributed by atoms with van der Waals surface area (Å²) < 4.78 is 2.34. The molecule has 5 heteroatoms. The zero-order valence-corrected chi connectivity index (χ0v) is 27.8. The Hall–Kier alpha value is -6.98. The molecule has 6 aromatic carbocycles. The number of fused-ring (bicyclic) bond motifs is 3. The Morgan fingerprint density at radius 3 is 1.33 bits per heavy atom. The van der Waals surface area contributed by atoms with Crippen molar-refractivity contribution in [2.45, 2.75) is 0 Å². The van der Waals surface area contributed by atoms with E-state index in [1.54, 1.807) is 0 Å². The van der Waals surface area contributed by atoms with Crippen molar-refractivity contribution in [1.82, 2.24) is 14.5 Å². The van der Waals surface area contributed by atoms with Crippen molar-refractivity contribution < 1.29 is 0 Å². The molecule has 0 aliphatic carbocycles. The lowest BCUT2D eigenvalue weighted by atomic mass is 10.1. The first-order valence-electron chi connectivity index (χ1n) is 17.1. The third-order valence-electron chi connectivity index (χ3n) is 9.16. The van der Waals surface area contributed by atoms with Crippen LogP contribution < -0.4 is 9.80 Å². The summed E-state index contributed by atoms with van der Waals surface area (Å²) in [6.07, 6.45) is 0. The second kappa shape index (κ2) is 13.1. The molecule has 0 saturated heterocycles. The predicted molar refractivity (Wildman–Crippen MR) is 211 cm³/mol. The number of pyridine rings is 2. The topological polar surface area (TPSA) is 37.2 Å². The van der Waals surface area contributed by atoms with E-state index < -0.39 is 0 Å². The summed E-state index contributed by atoms with van der Waals surface area (Å²) in [6, 6.07) is 69.3. The van der Waals surface area contributed by atoms with Crippen molar-refractivity contribution in [2.24, 2.45) is 0 Å². The molecule has 0 radical (unpaired) electrons. The number of benzene rings is 6. The van der Waals surface area contributed by atoms with Crippen LogP contribution in [0.1, 0.15) is 0 Å². The van der Waals surface area contributed by atoms with Gasteiger partial charge in [0.05, 0.1) is 22.4 Å². The molecule has 242 valence electrons. The number of hydrogen-bond donors (Lipinski definition) is 0. The fourth-order valence-corrected chi connectivity index (χ4v) is 6.89. The summed E-state index contributed by atoms with van der Waals surface area (Å²) >= 11 is 0. The summed E-state index contributed by atoms with van der Waals surface area (Å²) in [5.41, 5.74) is 9.17. The molecule has 0 spiro atoms. The molecule has 0 aliphatic rings. The van der Waals surface area contributed by atoms with Crippen molar-refractivity contribution in [2.75, 3.05) is 9.80 Å². The highest BCUT2D eigenvalue weighted by Gasteiger charge is 2.19. The van der Waals surface area contributed by atoms with Gasteiger partial charge in [-0.3, -0.25) is 9.80 Å². The molecule has 0 atom stereocenters. The minimum absolute atomic E-state index is 0.790. The molecule has 0 aliphatic heterocycles. The Bertz CT molecular complexity index is 2540. The third kappa shape index (κ3) is 5.67. The average Bonchev–Trinajstić information content (AvgIpc) is 3.54. The van der Waals surface area contributed by atoms with Crippen molar-refractivity contribution in [3.05, 3.63) is 200 Å². The maximum atomic E-state index is 5.28. The van der Waals surface area contributed by atoms with Gasteiger partial charge in [0, 0.05) is 39.2 Å². The van der Waals surface area contributed by atoms with E-state index in [0.717, 1.165) is 57.0 Å². The van der Waals surface area contributed by atoms with Gasteiger partial charge in [0.25, 0.3) is 0 Å². The van der Waals surface area contributed by atoms with E-state index in [2.05, 4.69) is 178 Å². The zero-order chi connectivity index (χ0) is 34.0. The lowest BCUT2D eigenvalue weighted by Crippen LogP contribution is -2.13. The summed E-state index contributed by atoms with van der Waals surface area (Å²) in [5.74, 6) is 1.62. The number of para-hydroxylation sites is 5. The lowest BCUT2D eigenvalue weighted by Gasteiger charge is -2.25. The molecule has 0 fully saturated rings. The van der Waals surface area contributed by atoms with E-state index >= 15 is 0 Å². The summed E-state index contributed by atoms with van der Waals surface area (Å²) in [4.78, 5) is 14.9. The molecular weight excluding hydrogens is 623 g/mol. The Kier molecular flexibility index (Phi) is 7.76. The largest absolute Gasteiger partial charge is 0.309 e. The number of rotatable bonds is 8. The van der Waals surface area contributed by atoms with Gasteiger partial charge < -0.3 is 4.57 Å². The van der Waals surface area contributed by atoms with Gasteiger partial charge in [-0.25, -0.2) is 9.97 Å². The van der Waals surface area contributed by atoms with Gasteiger partial charge in [-0.2, -0.15) is 0 Å². The maximum absolute atomic E-state index is 5.28. The third-order valence-corrected chi connectivity index (χ3v) is 9.16. The molecule has 0 bridgehead atoms. The van der Waals surface area contributed by atoms with E-state index in [1.807, 2.05) is 36.4 Å². The Balaban J connectivity index is 1.17. The first-order chi connectivity index (χ1) is 25.3. The van der Waals surface area contributed by atoms with Crippen LogP contribution in [0, 0.1) is 0 Å². The predicted octanol–water partition coefficient (Wildman–Crippen LogP) is 12.2. The standard InChI is InChI=1S/C46H33N5/c1-5-17-34(18-6-1)49(35-19-7-2-8-20-35)45-29-15-26-41(47-45)42-27-16-30-46(48-42)50(36-21-9-3-10-22-36)38-31-32-44-40(33-38)39-25-13-14-28-43(39)51(44)37-23-11-4-12-24-37/h1-33H. The average molecular weight is 656 g/mol. The monoisotopic (exact) mass is 655 g/mol. The van der Waals surface area contributed by atoms with Crippen LogP contribution in [-0.2, 0) is 0 Å². The zero-order valence-electron chi connectivity index (χ0n) is 27.8. The van der Waals surface area contributed by atoms with Gasteiger partial charge in [0.2, 0.25) is 0 Å². The second-order valence-corrected chi connectivity index (χ2v) is 12.3. The van der Waals surface area contributed by atoms with Crippen molar-refractivity contribution in [1.29, 1.82) is 0 Å². The Labute approximate surface area is 297 Å². The number of aromatic nitrogens is 3. The Morgan fingerprint density at radius 1 is 0.333 bits per heavy atom. The SMILES string of the molecule is c1ccc(N(c2ccccc2)c2cccc(-c3cccc(N(c4ccccc4)c4ccc5c(c4)c4ccccc4n5-c4ccccc4)n3)n2)cc1. The van der Waals surface area contributed by atoms with Crippen LogP contribution in [0.5, 0.6) is 0 Å². The van der Waals surface area contributed by atoms with E-state index in [4.69, 9.17) is 9.97 Å². The first-order valence-corrected chi connectivity index (χ1v) is 17.1. The van der Waals surface area contributed by atoms with E-state index in [9.17, 15) is 0 Å². The number of anilines is 6. The highest BCUT2D eigenvalue weighted by atomic mass is 15.2. The second-order valence-electron chi connectivity index (χ2n) is 12.3. The van der Waals surface area contributed by atoms with Crippen LogP contribution in [0.25, 0.3) is 38.9 Å². The molecule has 0 N–H and O–H groups in total. The van der Waals surface area contributed by atoms with E-state index in [-0.39, 0.29) is 0 Å². The highest BCUT2D eigenvalue weighted by molar-refractivity contribution is 6.10. The van der Waals surface area contributed by atoms with Crippen molar-refractivity contribution in [3.63, 3.8) is 0 Å². The molecule has 9 aromatic rings. The normalized spacial score (nSPS) is 11.1. The molecule has 0 saturated carbocycles. The fraction of sp³-hybridized carbons (Fsp3) is 0. The van der Waals surface area contributed by atoms with Crippen molar-refractivity contribution >= 4 is 56.2 Å². The molecule has 9 rings (SSSR count). The first kappa shape index (κ1) is 30.1. The van der Waals surface area contributed by atoms with Crippen LogP contribution >= 0.6 is 0 Å². The van der Waals surface area contributed by atoms with Crippen LogP contribution in [0.15, 0.2) is 200 Å². The summed E-state index contributed by atoms with van der Waals surface area (Å²) in [6.45, 7) is 0. The van der Waals surface area contributed by atoms with Crippen LogP contribution in [0.2, 0.25) is 0 Å². The number of nitrogens with zero attached hydrogens (tertiary/aromatic N) is 5. The quantitative estimate of drug-likeness (QED) is 0.163. The fourth-order valence-electron chi connectivity index (χ4n) is 6.89.